The highest BCUT2D eigenvalue weighted by molar-refractivity contribution is 5.94. The number of aryl methyl sites for hydroxylation is 1. The number of carbonyl (C=O) groups is 1. The molecule has 1 amide bonds. The fraction of sp³-hybridized carbons (Fsp3) is 0.357. The van der Waals surface area contributed by atoms with Gasteiger partial charge in [-0.15, -0.1) is 0 Å². The van der Waals surface area contributed by atoms with E-state index in [-0.39, 0.29) is 11.9 Å². The number of amides is 1. The molecule has 106 valence electrons. The summed E-state index contributed by atoms with van der Waals surface area (Å²) in [6.07, 6.45) is 1.96. The maximum absolute atomic E-state index is 12.0. The van der Waals surface area contributed by atoms with Crippen LogP contribution in [0, 0.1) is 6.92 Å². The van der Waals surface area contributed by atoms with Crippen LogP contribution in [0.25, 0.3) is 0 Å². The lowest BCUT2D eigenvalue weighted by Crippen LogP contribution is -2.39. The molecule has 0 saturated carbocycles. The van der Waals surface area contributed by atoms with E-state index >= 15 is 0 Å². The summed E-state index contributed by atoms with van der Waals surface area (Å²) in [4.78, 5) is 15.9. The van der Waals surface area contributed by atoms with Crippen molar-refractivity contribution in [2.75, 3.05) is 11.9 Å². The molecular formula is C14H18N4O2. The van der Waals surface area contributed by atoms with Gasteiger partial charge in [0.25, 0.3) is 0 Å². The van der Waals surface area contributed by atoms with Crippen LogP contribution in [0.5, 0.6) is 0 Å². The molecule has 1 atom stereocenters. The van der Waals surface area contributed by atoms with Crippen molar-refractivity contribution in [3.05, 3.63) is 42.0 Å². The zero-order valence-electron chi connectivity index (χ0n) is 11.6. The average molecular weight is 274 g/mol. The third kappa shape index (κ3) is 4.17. The lowest BCUT2D eigenvalue weighted by molar-refractivity contribution is -0.117. The van der Waals surface area contributed by atoms with Crippen molar-refractivity contribution in [3.63, 3.8) is 0 Å². The van der Waals surface area contributed by atoms with Gasteiger partial charge >= 0.3 is 0 Å². The monoisotopic (exact) mass is 274 g/mol. The summed E-state index contributed by atoms with van der Waals surface area (Å²) in [5.41, 5.74) is 1.96. The molecule has 1 aromatic heterocycles. The normalized spacial score (nSPS) is 12.1. The molecule has 0 aliphatic carbocycles. The van der Waals surface area contributed by atoms with E-state index < -0.39 is 0 Å². The lowest BCUT2D eigenvalue weighted by atomic mass is 10.2. The molecule has 20 heavy (non-hydrogen) atoms. The highest BCUT2D eigenvalue weighted by atomic mass is 16.5. The number of benzene rings is 1. The number of nitrogens with one attached hydrogen (secondary N) is 2. The molecule has 0 saturated heterocycles. The van der Waals surface area contributed by atoms with Crippen molar-refractivity contribution in [1.29, 1.82) is 0 Å². The predicted molar refractivity (Wildman–Crippen MR) is 75.3 cm³/mol. The van der Waals surface area contributed by atoms with Crippen molar-refractivity contribution in [2.24, 2.45) is 0 Å². The number of hydrogen-bond acceptors (Lipinski definition) is 5. The molecule has 6 nitrogen and oxygen atoms in total. The van der Waals surface area contributed by atoms with Crippen LogP contribution in [0.4, 0.5) is 5.69 Å². The van der Waals surface area contributed by atoms with Crippen molar-refractivity contribution >= 4 is 11.6 Å². The quantitative estimate of drug-likeness (QED) is 0.835. The van der Waals surface area contributed by atoms with Crippen LogP contribution in [0.15, 0.2) is 35.1 Å². The van der Waals surface area contributed by atoms with Gasteiger partial charge in [0, 0.05) is 18.7 Å². The van der Waals surface area contributed by atoms with Gasteiger partial charge in [0.2, 0.25) is 11.8 Å². The van der Waals surface area contributed by atoms with Gasteiger partial charge in [-0.1, -0.05) is 22.9 Å². The number of nitrogens with zero attached hydrogens (tertiary/aromatic N) is 2. The first-order valence-corrected chi connectivity index (χ1v) is 6.51. The molecule has 1 heterocycles. The summed E-state index contributed by atoms with van der Waals surface area (Å²) in [5.74, 6) is 0.489. The Balaban J connectivity index is 1.75. The van der Waals surface area contributed by atoms with Crippen LogP contribution in [-0.2, 0) is 11.2 Å². The summed E-state index contributed by atoms with van der Waals surface area (Å²) in [7, 11) is 0. The molecule has 0 aliphatic rings. The van der Waals surface area contributed by atoms with E-state index in [0.29, 0.717) is 18.9 Å². The summed E-state index contributed by atoms with van der Waals surface area (Å²) in [5, 5.41) is 9.50. The van der Waals surface area contributed by atoms with Crippen LogP contribution in [0.2, 0.25) is 0 Å². The van der Waals surface area contributed by atoms with Gasteiger partial charge in [0.15, 0.2) is 6.33 Å². The number of aromatic nitrogens is 2. The van der Waals surface area contributed by atoms with Gasteiger partial charge in [-0.05, 0) is 26.0 Å². The Bertz CT molecular complexity index is 537. The van der Waals surface area contributed by atoms with Gasteiger partial charge in [-0.3, -0.25) is 4.79 Å². The van der Waals surface area contributed by atoms with Crippen molar-refractivity contribution in [2.45, 2.75) is 26.3 Å². The summed E-state index contributed by atoms with van der Waals surface area (Å²) in [6, 6.07) is 7.41. The SMILES string of the molecule is Cc1ccc(NC(=O)C(C)NCCc2ncno2)cc1. The lowest BCUT2D eigenvalue weighted by Gasteiger charge is -2.13. The molecule has 2 rings (SSSR count). The van der Waals surface area contributed by atoms with Crippen LogP contribution < -0.4 is 10.6 Å². The fourth-order valence-corrected chi connectivity index (χ4v) is 1.68. The molecule has 0 aliphatic heterocycles. The molecule has 6 heteroatoms. The smallest absolute Gasteiger partial charge is 0.241 e. The Morgan fingerprint density at radius 1 is 1.35 bits per heavy atom. The Kier molecular flexibility index (Phi) is 4.84. The van der Waals surface area contributed by atoms with E-state index in [1.807, 2.05) is 38.1 Å². The van der Waals surface area contributed by atoms with Gasteiger partial charge in [0.05, 0.1) is 6.04 Å². The molecule has 0 fully saturated rings. The Hall–Kier alpha value is -2.21. The first-order valence-electron chi connectivity index (χ1n) is 6.51. The van der Waals surface area contributed by atoms with E-state index in [1.165, 1.54) is 6.33 Å². The standard InChI is InChI=1S/C14H18N4O2/c1-10-3-5-12(6-4-10)18-14(19)11(2)15-8-7-13-16-9-17-20-13/h3-6,9,11,15H,7-8H2,1-2H3,(H,18,19). The summed E-state index contributed by atoms with van der Waals surface area (Å²) in [6.45, 7) is 4.43. The third-order valence-electron chi connectivity index (χ3n) is 2.91. The van der Waals surface area contributed by atoms with Crippen LogP contribution in [-0.4, -0.2) is 28.6 Å². The Labute approximate surface area is 117 Å². The molecule has 0 radical (unpaired) electrons. The van der Waals surface area contributed by atoms with E-state index in [2.05, 4.69) is 20.8 Å². The van der Waals surface area contributed by atoms with Gasteiger partial charge in [0.1, 0.15) is 0 Å². The third-order valence-corrected chi connectivity index (χ3v) is 2.91. The van der Waals surface area contributed by atoms with E-state index in [0.717, 1.165) is 11.3 Å². The molecule has 2 N–H and O–H groups in total. The van der Waals surface area contributed by atoms with E-state index in [9.17, 15) is 4.79 Å². The molecule has 0 bridgehead atoms. The maximum atomic E-state index is 12.0. The molecule has 2 aromatic rings. The minimum absolute atomic E-state index is 0.0700. The van der Waals surface area contributed by atoms with Crippen LogP contribution in [0.1, 0.15) is 18.4 Å². The number of anilines is 1. The Morgan fingerprint density at radius 3 is 2.75 bits per heavy atom. The van der Waals surface area contributed by atoms with E-state index in [4.69, 9.17) is 4.52 Å². The zero-order valence-corrected chi connectivity index (χ0v) is 11.6. The second-order valence-corrected chi connectivity index (χ2v) is 4.62. The first-order chi connectivity index (χ1) is 9.65. The second-order valence-electron chi connectivity index (χ2n) is 4.62. The fourth-order valence-electron chi connectivity index (χ4n) is 1.68. The zero-order chi connectivity index (χ0) is 14.4. The molecule has 1 aromatic carbocycles. The minimum Gasteiger partial charge on any atom is -0.340 e. The summed E-state index contributed by atoms with van der Waals surface area (Å²) >= 11 is 0. The number of rotatable bonds is 6. The van der Waals surface area contributed by atoms with Crippen molar-refractivity contribution in [1.82, 2.24) is 15.5 Å². The van der Waals surface area contributed by atoms with Gasteiger partial charge in [-0.25, -0.2) is 0 Å². The van der Waals surface area contributed by atoms with Crippen molar-refractivity contribution in [3.8, 4) is 0 Å². The number of hydrogen-bond donors (Lipinski definition) is 2. The van der Waals surface area contributed by atoms with Gasteiger partial charge in [-0.2, -0.15) is 4.98 Å². The highest BCUT2D eigenvalue weighted by Gasteiger charge is 2.12. The predicted octanol–water partition coefficient (Wildman–Crippen LogP) is 1.54. The molecular weight excluding hydrogens is 256 g/mol. The average Bonchev–Trinajstić information content (AvgIpc) is 2.94. The van der Waals surface area contributed by atoms with Gasteiger partial charge < -0.3 is 15.2 Å². The van der Waals surface area contributed by atoms with Crippen LogP contribution in [0.3, 0.4) is 0 Å². The van der Waals surface area contributed by atoms with Crippen LogP contribution >= 0.6 is 0 Å². The second kappa shape index (κ2) is 6.81. The van der Waals surface area contributed by atoms with Crippen molar-refractivity contribution < 1.29 is 9.32 Å². The minimum atomic E-state index is -0.292. The summed E-state index contributed by atoms with van der Waals surface area (Å²) < 4.78 is 4.88. The Morgan fingerprint density at radius 2 is 2.10 bits per heavy atom. The largest absolute Gasteiger partial charge is 0.340 e. The molecule has 0 spiro atoms. The molecule has 1 unspecified atom stereocenters. The number of carbonyl (C=O) groups excluding carboxylic acids is 1. The highest BCUT2D eigenvalue weighted by Crippen LogP contribution is 2.08. The first kappa shape index (κ1) is 14.2. The van der Waals surface area contributed by atoms with E-state index in [1.54, 1.807) is 0 Å². The topological polar surface area (TPSA) is 80.0 Å². The maximum Gasteiger partial charge on any atom is 0.241 e.